The fraction of sp³-hybridized carbons (Fsp3) is 0.286. The molecule has 0 spiro atoms. The summed E-state index contributed by atoms with van der Waals surface area (Å²) >= 11 is 1.13. The van der Waals surface area contributed by atoms with E-state index in [0.29, 0.717) is 12.1 Å². The van der Waals surface area contributed by atoms with Crippen molar-refractivity contribution in [2.24, 2.45) is 0 Å². The van der Waals surface area contributed by atoms with Crippen LogP contribution in [-0.2, 0) is 23.1 Å². The Balaban J connectivity index is 1.82. The summed E-state index contributed by atoms with van der Waals surface area (Å²) in [6, 6.07) is 6.47. The molecule has 0 atom stereocenters. The van der Waals surface area contributed by atoms with Crippen LogP contribution in [0.15, 0.2) is 46.1 Å². The van der Waals surface area contributed by atoms with E-state index in [0.717, 1.165) is 42.1 Å². The maximum absolute atomic E-state index is 14.6. The first kappa shape index (κ1) is 24.0. The third-order valence-electron chi connectivity index (χ3n) is 4.91. The van der Waals surface area contributed by atoms with Crippen molar-refractivity contribution >= 4 is 32.9 Å². The largest absolute Gasteiger partial charge is 0.381 e. The Bertz CT molecular complexity index is 1140. The van der Waals surface area contributed by atoms with Gasteiger partial charge in [0.05, 0.1) is 5.51 Å². The molecule has 0 aliphatic rings. The fourth-order valence-corrected chi connectivity index (χ4v) is 4.88. The Morgan fingerprint density at radius 3 is 2.34 bits per heavy atom. The molecule has 1 aromatic heterocycles. The lowest BCUT2D eigenvalue weighted by atomic mass is 10.1. The molecule has 32 heavy (non-hydrogen) atoms. The van der Waals surface area contributed by atoms with Crippen LogP contribution in [0.4, 0.5) is 24.7 Å². The minimum Gasteiger partial charge on any atom is -0.381 e. The Labute approximate surface area is 189 Å². The molecular weight excluding hydrogens is 461 g/mol. The number of hydrogen-bond acceptors (Lipinski definition) is 6. The molecule has 6 nitrogen and oxygen atoms in total. The van der Waals surface area contributed by atoms with Gasteiger partial charge in [0.15, 0.2) is 10.7 Å². The van der Waals surface area contributed by atoms with Crippen LogP contribution in [0.5, 0.6) is 0 Å². The molecule has 3 aromatic rings. The molecule has 2 N–H and O–H groups in total. The zero-order chi connectivity index (χ0) is 23.3. The van der Waals surface area contributed by atoms with Gasteiger partial charge >= 0.3 is 0 Å². The Morgan fingerprint density at radius 1 is 1.06 bits per heavy atom. The highest BCUT2D eigenvalue weighted by Gasteiger charge is 2.26. The lowest BCUT2D eigenvalue weighted by Gasteiger charge is -2.21. The molecule has 0 radical (unpaired) electrons. The number of nitrogens with zero attached hydrogens (tertiary/aromatic N) is 2. The summed E-state index contributed by atoms with van der Waals surface area (Å²) in [4.78, 5) is 4.76. The van der Waals surface area contributed by atoms with E-state index in [2.05, 4.69) is 15.2 Å². The summed E-state index contributed by atoms with van der Waals surface area (Å²) in [6.45, 7) is 6.11. The average molecular weight is 485 g/mol. The van der Waals surface area contributed by atoms with Crippen LogP contribution in [0.25, 0.3) is 0 Å². The summed E-state index contributed by atoms with van der Waals surface area (Å²) < 4.78 is 70.4. The van der Waals surface area contributed by atoms with Gasteiger partial charge < -0.3 is 5.32 Å². The zero-order valence-corrected chi connectivity index (χ0v) is 19.2. The van der Waals surface area contributed by atoms with Crippen LogP contribution < -0.4 is 10.0 Å². The van der Waals surface area contributed by atoms with Gasteiger partial charge in [0.2, 0.25) is 0 Å². The quantitative estimate of drug-likeness (QED) is 0.432. The van der Waals surface area contributed by atoms with Crippen molar-refractivity contribution in [1.82, 2.24) is 9.88 Å². The minimum absolute atomic E-state index is 0.00958. The topological polar surface area (TPSA) is 74.3 Å². The van der Waals surface area contributed by atoms with Crippen molar-refractivity contribution in [3.8, 4) is 0 Å². The van der Waals surface area contributed by atoms with Crippen LogP contribution in [0.2, 0.25) is 0 Å². The Kier molecular flexibility index (Phi) is 7.75. The van der Waals surface area contributed by atoms with Gasteiger partial charge in [-0.1, -0.05) is 26.0 Å². The summed E-state index contributed by atoms with van der Waals surface area (Å²) in [5.74, 6) is -3.01. The van der Waals surface area contributed by atoms with E-state index < -0.39 is 32.4 Å². The maximum Gasteiger partial charge on any atom is 0.268 e. The van der Waals surface area contributed by atoms with E-state index in [-0.39, 0.29) is 18.1 Å². The molecule has 0 saturated heterocycles. The lowest BCUT2D eigenvalue weighted by Crippen LogP contribution is -2.23. The van der Waals surface area contributed by atoms with Gasteiger partial charge in [0.1, 0.15) is 17.5 Å². The van der Waals surface area contributed by atoms with E-state index >= 15 is 0 Å². The van der Waals surface area contributed by atoms with Gasteiger partial charge in [-0.05, 0) is 36.9 Å². The lowest BCUT2D eigenvalue weighted by molar-refractivity contribution is 0.294. The Hall–Kier alpha value is -2.63. The van der Waals surface area contributed by atoms with Gasteiger partial charge in [-0.3, -0.25) is 9.62 Å². The van der Waals surface area contributed by atoms with Crippen molar-refractivity contribution in [1.29, 1.82) is 0 Å². The second kappa shape index (κ2) is 10.3. The predicted molar refractivity (Wildman–Crippen MR) is 120 cm³/mol. The molecular formula is C21H23F3N4O2S2. The van der Waals surface area contributed by atoms with E-state index in [4.69, 9.17) is 0 Å². The smallest absolute Gasteiger partial charge is 0.268 e. The highest BCUT2D eigenvalue weighted by molar-refractivity contribution is 7.92. The van der Waals surface area contributed by atoms with Gasteiger partial charge in [0.25, 0.3) is 10.0 Å². The molecule has 1 heterocycles. The second-order valence-corrected chi connectivity index (χ2v) is 9.28. The average Bonchev–Trinajstić information content (AvgIpc) is 3.22. The number of aromatic nitrogens is 1. The van der Waals surface area contributed by atoms with Gasteiger partial charge in [-0.25, -0.2) is 26.6 Å². The standard InChI is InChI=1S/C21H23F3N4O2S2/c1-3-28(4-2)11-14-6-5-7-17(22)16(14)10-25-15-8-18(23)21(19(24)9-15)32(29,30)27-20-12-31-13-26-20/h5-9,12-13,25,27H,3-4,10-11H2,1-2H3. The summed E-state index contributed by atoms with van der Waals surface area (Å²) in [5.41, 5.74) is 2.51. The fourth-order valence-electron chi connectivity index (χ4n) is 3.20. The molecule has 3 rings (SSSR count). The predicted octanol–water partition coefficient (Wildman–Crippen LogP) is 4.82. The van der Waals surface area contributed by atoms with Gasteiger partial charge in [-0.2, -0.15) is 0 Å². The summed E-state index contributed by atoms with van der Waals surface area (Å²) in [7, 11) is -4.51. The van der Waals surface area contributed by atoms with Crippen molar-refractivity contribution in [3.05, 3.63) is 69.8 Å². The third kappa shape index (κ3) is 5.59. The molecule has 0 fully saturated rings. The highest BCUT2D eigenvalue weighted by atomic mass is 32.2. The normalized spacial score (nSPS) is 11.7. The number of thiazole rings is 1. The van der Waals surface area contributed by atoms with Crippen molar-refractivity contribution in [2.75, 3.05) is 23.1 Å². The molecule has 0 saturated carbocycles. The molecule has 0 unspecified atom stereocenters. The number of rotatable bonds is 10. The van der Waals surface area contributed by atoms with Gasteiger partial charge in [0, 0.05) is 29.7 Å². The molecule has 2 aromatic carbocycles. The number of halogens is 3. The number of nitrogens with one attached hydrogen (secondary N) is 2. The van der Waals surface area contributed by atoms with Gasteiger partial charge in [-0.15, -0.1) is 11.3 Å². The number of anilines is 2. The SMILES string of the molecule is CCN(CC)Cc1cccc(F)c1CNc1cc(F)c(S(=O)(=O)Nc2cscn2)c(F)c1. The van der Waals surface area contributed by atoms with Crippen molar-refractivity contribution in [3.63, 3.8) is 0 Å². The maximum atomic E-state index is 14.6. The molecule has 0 aliphatic heterocycles. The van der Waals surface area contributed by atoms with Crippen LogP contribution in [-0.4, -0.2) is 31.4 Å². The monoisotopic (exact) mass is 484 g/mol. The molecule has 0 aliphatic carbocycles. The number of sulfonamides is 1. The Morgan fingerprint density at radius 2 is 1.75 bits per heavy atom. The van der Waals surface area contributed by atoms with E-state index in [1.54, 1.807) is 12.1 Å². The molecule has 11 heteroatoms. The number of hydrogen-bond donors (Lipinski definition) is 2. The molecule has 0 amide bonds. The summed E-state index contributed by atoms with van der Waals surface area (Å²) in [6.07, 6.45) is 0. The molecule has 0 bridgehead atoms. The summed E-state index contributed by atoms with van der Waals surface area (Å²) in [5, 5.41) is 4.19. The second-order valence-electron chi connectivity index (χ2n) is 6.94. The van der Waals surface area contributed by atoms with Crippen molar-refractivity contribution in [2.45, 2.75) is 31.8 Å². The van der Waals surface area contributed by atoms with Crippen LogP contribution in [0, 0.1) is 17.5 Å². The van der Waals surface area contributed by atoms with Crippen LogP contribution in [0.1, 0.15) is 25.0 Å². The van der Waals surface area contributed by atoms with E-state index in [9.17, 15) is 21.6 Å². The van der Waals surface area contributed by atoms with Crippen LogP contribution in [0.3, 0.4) is 0 Å². The highest BCUT2D eigenvalue weighted by Crippen LogP contribution is 2.26. The zero-order valence-electron chi connectivity index (χ0n) is 17.5. The van der Waals surface area contributed by atoms with E-state index in [1.807, 2.05) is 18.6 Å². The van der Waals surface area contributed by atoms with Crippen molar-refractivity contribution < 1.29 is 21.6 Å². The van der Waals surface area contributed by atoms with Crippen LogP contribution >= 0.6 is 11.3 Å². The first-order chi connectivity index (χ1) is 15.2. The third-order valence-corrected chi connectivity index (χ3v) is 6.90. The first-order valence-electron chi connectivity index (χ1n) is 9.87. The van der Waals surface area contributed by atoms with E-state index in [1.165, 1.54) is 17.0 Å². The molecule has 172 valence electrons. The number of benzene rings is 2. The first-order valence-corrected chi connectivity index (χ1v) is 12.3. The minimum atomic E-state index is -4.51.